The van der Waals surface area contributed by atoms with E-state index in [0.29, 0.717) is 29.1 Å². The number of carbonyl (C=O) groups excluding carboxylic acids is 5. The summed E-state index contributed by atoms with van der Waals surface area (Å²) in [5.74, 6) is -1.58. The molecule has 0 spiro atoms. The number of carbonyl (C=O) groups is 5. The van der Waals surface area contributed by atoms with Gasteiger partial charge in [0.15, 0.2) is 11.6 Å². The van der Waals surface area contributed by atoms with Crippen LogP contribution < -0.4 is 16.0 Å². The average molecular weight is 530 g/mol. The second-order valence-electron chi connectivity index (χ2n) is 9.66. The molecule has 0 radical (unpaired) electrons. The number of fused-ring (bicyclic) bond motifs is 2. The second kappa shape index (κ2) is 11.9. The number of hydrogen-bond acceptors (Lipinski definition) is 6. The van der Waals surface area contributed by atoms with Gasteiger partial charge in [-0.2, -0.15) is 0 Å². The van der Waals surface area contributed by atoms with Crippen molar-refractivity contribution in [1.29, 1.82) is 0 Å². The minimum absolute atomic E-state index is 0.00241. The molecule has 3 amide bonds. The summed E-state index contributed by atoms with van der Waals surface area (Å²) in [5, 5.41) is 8.27. The van der Waals surface area contributed by atoms with Gasteiger partial charge in [-0.3, -0.25) is 24.0 Å². The maximum absolute atomic E-state index is 12.9. The van der Waals surface area contributed by atoms with Crippen LogP contribution in [0.4, 0.5) is 5.69 Å². The maximum atomic E-state index is 12.9. The summed E-state index contributed by atoms with van der Waals surface area (Å²) in [4.78, 5) is 65.2. The van der Waals surface area contributed by atoms with Crippen LogP contribution in [0.25, 0.3) is 0 Å². The van der Waals surface area contributed by atoms with E-state index in [1.54, 1.807) is 48.1 Å². The van der Waals surface area contributed by atoms with E-state index in [9.17, 15) is 24.0 Å². The zero-order valence-electron chi connectivity index (χ0n) is 22.2. The van der Waals surface area contributed by atoms with E-state index in [4.69, 9.17) is 0 Å². The van der Waals surface area contributed by atoms with Crippen LogP contribution in [0.15, 0.2) is 54.7 Å². The van der Waals surface area contributed by atoms with Crippen molar-refractivity contribution < 1.29 is 24.0 Å². The van der Waals surface area contributed by atoms with Gasteiger partial charge in [-0.25, -0.2) is 0 Å². The Morgan fingerprint density at radius 1 is 0.821 bits per heavy atom. The van der Waals surface area contributed by atoms with E-state index in [1.165, 1.54) is 18.2 Å². The first kappa shape index (κ1) is 27.5. The molecule has 202 valence electrons. The molecule has 3 aromatic rings. The molecule has 1 aromatic heterocycles. The Morgan fingerprint density at radius 2 is 1.46 bits per heavy atom. The van der Waals surface area contributed by atoms with Crippen LogP contribution in [-0.2, 0) is 11.8 Å². The summed E-state index contributed by atoms with van der Waals surface area (Å²) in [6.45, 7) is 1.47. The highest BCUT2D eigenvalue weighted by atomic mass is 16.2. The molecule has 39 heavy (non-hydrogen) atoms. The molecule has 10 heteroatoms. The molecule has 1 heterocycles. The van der Waals surface area contributed by atoms with E-state index in [1.807, 2.05) is 19.0 Å². The first-order valence-corrected chi connectivity index (χ1v) is 12.7. The monoisotopic (exact) mass is 529 g/mol. The minimum atomic E-state index is -0.461. The maximum Gasteiger partial charge on any atom is 0.267 e. The zero-order valence-corrected chi connectivity index (χ0v) is 22.2. The third-order valence-corrected chi connectivity index (χ3v) is 6.41. The lowest BCUT2D eigenvalue weighted by Crippen LogP contribution is -2.28. The Bertz CT molecular complexity index is 1460. The summed E-state index contributed by atoms with van der Waals surface area (Å²) in [6, 6.07) is 12.6. The number of aromatic nitrogens is 1. The van der Waals surface area contributed by atoms with Crippen molar-refractivity contribution in [1.82, 2.24) is 20.1 Å². The fourth-order valence-corrected chi connectivity index (χ4v) is 4.40. The van der Waals surface area contributed by atoms with E-state index < -0.39 is 5.91 Å². The van der Waals surface area contributed by atoms with Gasteiger partial charge >= 0.3 is 0 Å². The van der Waals surface area contributed by atoms with Crippen LogP contribution in [0.5, 0.6) is 0 Å². The number of nitrogens with zero attached hydrogens (tertiary/aromatic N) is 2. The van der Waals surface area contributed by atoms with Crippen LogP contribution in [0.1, 0.15) is 65.5 Å². The van der Waals surface area contributed by atoms with E-state index >= 15 is 0 Å². The van der Waals surface area contributed by atoms with Crippen LogP contribution in [0, 0.1) is 0 Å². The van der Waals surface area contributed by atoms with Crippen LogP contribution in [0.3, 0.4) is 0 Å². The van der Waals surface area contributed by atoms with Crippen molar-refractivity contribution in [2.45, 2.75) is 12.8 Å². The molecule has 0 unspecified atom stereocenters. The summed E-state index contributed by atoms with van der Waals surface area (Å²) >= 11 is 0. The Hall–Kier alpha value is -4.57. The fourth-order valence-electron chi connectivity index (χ4n) is 4.40. The molecule has 0 saturated heterocycles. The number of aryl methyl sites for hydroxylation is 1. The van der Waals surface area contributed by atoms with Crippen molar-refractivity contribution in [2.24, 2.45) is 7.05 Å². The smallest absolute Gasteiger partial charge is 0.267 e. The van der Waals surface area contributed by atoms with Gasteiger partial charge in [0.05, 0.1) is 5.69 Å². The Morgan fingerprint density at radius 3 is 2.15 bits per heavy atom. The molecular formula is C29H31N5O5. The summed E-state index contributed by atoms with van der Waals surface area (Å²) in [7, 11) is 5.66. The molecule has 2 aromatic carbocycles. The van der Waals surface area contributed by atoms with Crippen LogP contribution >= 0.6 is 0 Å². The van der Waals surface area contributed by atoms with Gasteiger partial charge in [-0.15, -0.1) is 0 Å². The number of rotatable bonds is 10. The van der Waals surface area contributed by atoms with Gasteiger partial charge in [0, 0.05) is 60.6 Å². The molecule has 0 saturated carbocycles. The lowest BCUT2D eigenvalue weighted by molar-refractivity contribution is -0.116. The Kier molecular flexibility index (Phi) is 8.36. The molecule has 0 atom stereocenters. The third-order valence-electron chi connectivity index (χ3n) is 6.41. The van der Waals surface area contributed by atoms with Gasteiger partial charge in [0.25, 0.3) is 11.8 Å². The third kappa shape index (κ3) is 6.29. The van der Waals surface area contributed by atoms with E-state index in [2.05, 4.69) is 16.0 Å². The SMILES string of the molecule is CN(C)CCCNC(=O)c1cc(NC(=O)CCNC(=O)c2ccc3c(c2)C(=O)c2ccccc2C3=O)cn1C. The highest BCUT2D eigenvalue weighted by Crippen LogP contribution is 2.27. The number of benzene rings is 2. The largest absolute Gasteiger partial charge is 0.352 e. The number of amides is 3. The van der Waals surface area contributed by atoms with Crippen LogP contribution in [0.2, 0.25) is 0 Å². The van der Waals surface area contributed by atoms with Crippen molar-refractivity contribution >= 4 is 35.0 Å². The van der Waals surface area contributed by atoms with Gasteiger partial charge in [-0.1, -0.05) is 24.3 Å². The Balaban J connectivity index is 1.29. The summed E-state index contributed by atoms with van der Waals surface area (Å²) in [6.07, 6.45) is 2.48. The Labute approximate surface area is 226 Å². The van der Waals surface area contributed by atoms with Crippen molar-refractivity contribution in [3.8, 4) is 0 Å². The molecular weight excluding hydrogens is 498 g/mol. The zero-order chi connectivity index (χ0) is 28.1. The molecule has 3 N–H and O–H groups in total. The second-order valence-corrected chi connectivity index (χ2v) is 9.66. The normalized spacial score (nSPS) is 12.1. The van der Waals surface area contributed by atoms with Crippen molar-refractivity contribution in [3.05, 3.63) is 88.2 Å². The molecule has 0 aliphatic heterocycles. The van der Waals surface area contributed by atoms with Gasteiger partial charge in [-0.05, 0) is 51.3 Å². The van der Waals surface area contributed by atoms with Gasteiger partial charge < -0.3 is 25.4 Å². The number of nitrogens with one attached hydrogen (secondary N) is 3. The topological polar surface area (TPSA) is 130 Å². The molecule has 1 aliphatic rings. The standard InChI is InChI=1S/C29H31N5O5/c1-33(2)14-6-12-30-29(39)24-16-19(17-34(24)3)32-25(35)11-13-31-28(38)18-9-10-22-23(15-18)27(37)21-8-5-4-7-20(21)26(22)36/h4-5,7-10,15-17H,6,11-14H2,1-3H3,(H,30,39)(H,31,38)(H,32,35). The molecule has 0 bridgehead atoms. The predicted octanol–water partition coefficient (Wildman–Crippen LogP) is 2.24. The van der Waals surface area contributed by atoms with Gasteiger partial charge in [0.2, 0.25) is 5.91 Å². The summed E-state index contributed by atoms with van der Waals surface area (Å²) < 4.78 is 1.64. The lowest BCUT2D eigenvalue weighted by Gasteiger charge is -2.17. The summed E-state index contributed by atoms with van der Waals surface area (Å²) in [5.41, 5.74) is 2.24. The molecule has 4 rings (SSSR count). The highest BCUT2D eigenvalue weighted by Gasteiger charge is 2.29. The number of hydrogen-bond donors (Lipinski definition) is 3. The van der Waals surface area contributed by atoms with Crippen molar-refractivity contribution in [2.75, 3.05) is 39.0 Å². The van der Waals surface area contributed by atoms with Crippen molar-refractivity contribution in [3.63, 3.8) is 0 Å². The van der Waals surface area contributed by atoms with E-state index in [-0.39, 0.29) is 53.0 Å². The van der Waals surface area contributed by atoms with Crippen LogP contribution in [-0.4, -0.2) is 72.5 Å². The number of ketones is 2. The first-order valence-electron chi connectivity index (χ1n) is 12.7. The molecule has 0 fully saturated rings. The quantitative estimate of drug-likeness (QED) is 0.270. The first-order chi connectivity index (χ1) is 18.7. The molecule has 10 nitrogen and oxygen atoms in total. The van der Waals surface area contributed by atoms with E-state index in [0.717, 1.165) is 13.0 Å². The fraction of sp³-hybridized carbons (Fsp3) is 0.276. The highest BCUT2D eigenvalue weighted by molar-refractivity contribution is 6.28. The number of anilines is 1. The predicted molar refractivity (Wildman–Crippen MR) is 146 cm³/mol. The molecule has 1 aliphatic carbocycles. The van der Waals surface area contributed by atoms with Gasteiger partial charge in [0.1, 0.15) is 5.69 Å². The average Bonchev–Trinajstić information content (AvgIpc) is 3.28. The minimum Gasteiger partial charge on any atom is -0.352 e. The lowest BCUT2D eigenvalue weighted by atomic mass is 9.83.